The van der Waals surface area contributed by atoms with Gasteiger partial charge in [-0.3, -0.25) is 0 Å². The van der Waals surface area contributed by atoms with Crippen LogP contribution in [0, 0.1) is 0 Å². The molecule has 24 heavy (non-hydrogen) atoms. The van der Waals surface area contributed by atoms with Gasteiger partial charge in [0, 0.05) is 11.4 Å². The number of nitrogens with zero attached hydrogens (tertiary/aromatic N) is 2. The molecule has 2 aromatic heterocycles. The zero-order valence-electron chi connectivity index (χ0n) is 13.7. The largest absolute Gasteiger partial charge is 0.385 e. The van der Waals surface area contributed by atoms with E-state index in [9.17, 15) is 5.11 Å². The Kier molecular flexibility index (Phi) is 3.98. The molecule has 4 rings (SSSR count). The predicted octanol–water partition coefficient (Wildman–Crippen LogP) is 3.89. The number of nitrogens with one attached hydrogen (secondary N) is 1. The lowest BCUT2D eigenvalue weighted by Crippen LogP contribution is -2.24. The molecule has 4 nitrogen and oxygen atoms in total. The fourth-order valence-electron chi connectivity index (χ4n) is 3.43. The molecule has 3 aromatic rings. The number of benzene rings is 1. The van der Waals surface area contributed by atoms with Gasteiger partial charge in [-0.25, -0.2) is 9.97 Å². The lowest BCUT2D eigenvalue weighted by Gasteiger charge is -2.24. The second-order valence-corrected chi connectivity index (χ2v) is 7.66. The molecule has 0 amide bonds. The van der Waals surface area contributed by atoms with Gasteiger partial charge in [0.05, 0.1) is 11.0 Å². The first-order valence-electron chi connectivity index (χ1n) is 8.42. The maximum atomic E-state index is 10.7. The van der Waals surface area contributed by atoms with Gasteiger partial charge in [0.1, 0.15) is 17.0 Å². The van der Waals surface area contributed by atoms with Crippen molar-refractivity contribution in [1.29, 1.82) is 0 Å². The van der Waals surface area contributed by atoms with Gasteiger partial charge in [0.2, 0.25) is 0 Å². The van der Waals surface area contributed by atoms with Crippen LogP contribution in [0.5, 0.6) is 0 Å². The van der Waals surface area contributed by atoms with Gasteiger partial charge in [-0.05, 0) is 43.7 Å². The second-order valence-electron chi connectivity index (χ2n) is 6.58. The van der Waals surface area contributed by atoms with E-state index in [1.165, 1.54) is 28.7 Å². The van der Waals surface area contributed by atoms with E-state index in [1.54, 1.807) is 17.7 Å². The average molecular weight is 339 g/mol. The van der Waals surface area contributed by atoms with Crippen LogP contribution in [0.25, 0.3) is 10.2 Å². The number of rotatable bonds is 5. The summed E-state index contributed by atoms with van der Waals surface area (Å²) in [6, 6.07) is 9.82. The quantitative estimate of drug-likeness (QED) is 0.740. The molecule has 1 aliphatic carbocycles. The molecule has 0 saturated heterocycles. The Balaban J connectivity index is 1.52. The monoisotopic (exact) mass is 339 g/mol. The number of aromatic nitrogens is 2. The van der Waals surface area contributed by atoms with Crippen LogP contribution in [-0.4, -0.2) is 21.6 Å². The van der Waals surface area contributed by atoms with Crippen LogP contribution >= 0.6 is 11.3 Å². The molecule has 0 radical (unpaired) electrons. The Bertz CT molecular complexity index is 858. The van der Waals surface area contributed by atoms with Gasteiger partial charge < -0.3 is 10.4 Å². The maximum Gasteiger partial charge on any atom is 0.138 e. The minimum absolute atomic E-state index is 0.620. The van der Waals surface area contributed by atoms with Crippen LogP contribution in [0.3, 0.4) is 0 Å². The Labute approximate surface area is 145 Å². The van der Waals surface area contributed by atoms with E-state index >= 15 is 0 Å². The summed E-state index contributed by atoms with van der Waals surface area (Å²) in [6.45, 7) is 2.53. The van der Waals surface area contributed by atoms with Crippen molar-refractivity contribution in [3.63, 3.8) is 0 Å². The Morgan fingerprint density at radius 1 is 1.21 bits per heavy atom. The molecule has 0 fully saturated rings. The van der Waals surface area contributed by atoms with Gasteiger partial charge in [-0.2, -0.15) is 0 Å². The minimum Gasteiger partial charge on any atom is -0.385 e. The molecule has 5 heteroatoms. The topological polar surface area (TPSA) is 58.0 Å². The third-order valence-corrected chi connectivity index (χ3v) is 6.00. The zero-order valence-corrected chi connectivity index (χ0v) is 14.6. The molecule has 2 heterocycles. The molecule has 2 N–H and O–H groups in total. The fourth-order valence-corrected chi connectivity index (χ4v) is 4.66. The highest BCUT2D eigenvalue weighted by molar-refractivity contribution is 7.19. The average Bonchev–Trinajstić information content (AvgIpc) is 3.16. The molecule has 1 aliphatic rings. The highest BCUT2D eigenvalue weighted by Crippen LogP contribution is 2.39. The standard InChI is InChI=1S/C19H21N3OS/c1-19(23,13-6-3-2-4-7-13)10-11-20-17-16-14-8-5-9-15(14)24-18(16)22-12-21-17/h2-4,6-7,12,23H,5,8-11H2,1H3,(H,20,21,22). The van der Waals surface area contributed by atoms with E-state index in [1.807, 2.05) is 37.3 Å². The van der Waals surface area contributed by atoms with Crippen LogP contribution in [0.1, 0.15) is 35.8 Å². The molecule has 0 aliphatic heterocycles. The third-order valence-electron chi connectivity index (χ3n) is 4.80. The van der Waals surface area contributed by atoms with E-state index in [2.05, 4.69) is 15.3 Å². The van der Waals surface area contributed by atoms with E-state index in [0.717, 1.165) is 22.6 Å². The van der Waals surface area contributed by atoms with Crippen molar-refractivity contribution in [3.8, 4) is 0 Å². The first kappa shape index (κ1) is 15.5. The molecule has 0 bridgehead atoms. The summed E-state index contributed by atoms with van der Waals surface area (Å²) in [5.74, 6) is 0.906. The van der Waals surface area contributed by atoms with Gasteiger partial charge in [-0.1, -0.05) is 30.3 Å². The van der Waals surface area contributed by atoms with E-state index < -0.39 is 5.60 Å². The summed E-state index contributed by atoms with van der Waals surface area (Å²) < 4.78 is 0. The third kappa shape index (κ3) is 2.78. The summed E-state index contributed by atoms with van der Waals surface area (Å²) >= 11 is 1.80. The Hall–Kier alpha value is -1.98. The summed E-state index contributed by atoms with van der Waals surface area (Å²) in [6.07, 6.45) is 5.77. The number of anilines is 1. The van der Waals surface area contributed by atoms with E-state index in [0.29, 0.717) is 13.0 Å². The fraction of sp³-hybridized carbons (Fsp3) is 0.368. The second kappa shape index (κ2) is 6.15. The van der Waals surface area contributed by atoms with Gasteiger partial charge in [0.15, 0.2) is 0 Å². The molecule has 124 valence electrons. The highest BCUT2D eigenvalue weighted by Gasteiger charge is 2.24. The number of aryl methyl sites for hydroxylation is 2. The minimum atomic E-state index is -0.850. The summed E-state index contributed by atoms with van der Waals surface area (Å²) in [5.41, 5.74) is 1.51. The van der Waals surface area contributed by atoms with Gasteiger partial charge in [-0.15, -0.1) is 11.3 Å². The molecular weight excluding hydrogens is 318 g/mol. The molecule has 1 unspecified atom stereocenters. The van der Waals surface area contributed by atoms with Crippen molar-refractivity contribution in [3.05, 3.63) is 52.7 Å². The van der Waals surface area contributed by atoms with Crippen LogP contribution in [0.2, 0.25) is 0 Å². The van der Waals surface area contributed by atoms with Crippen molar-refractivity contribution in [1.82, 2.24) is 9.97 Å². The van der Waals surface area contributed by atoms with Crippen LogP contribution in [-0.2, 0) is 18.4 Å². The van der Waals surface area contributed by atoms with Crippen molar-refractivity contribution in [2.45, 2.75) is 38.2 Å². The van der Waals surface area contributed by atoms with Crippen molar-refractivity contribution in [2.75, 3.05) is 11.9 Å². The van der Waals surface area contributed by atoms with E-state index in [4.69, 9.17) is 0 Å². The van der Waals surface area contributed by atoms with Crippen LogP contribution in [0.15, 0.2) is 36.7 Å². The van der Waals surface area contributed by atoms with Crippen LogP contribution < -0.4 is 5.32 Å². The predicted molar refractivity (Wildman–Crippen MR) is 98.6 cm³/mol. The van der Waals surface area contributed by atoms with Crippen molar-refractivity contribution in [2.24, 2.45) is 0 Å². The molecule has 0 saturated carbocycles. The number of aliphatic hydroxyl groups is 1. The maximum absolute atomic E-state index is 10.7. The Morgan fingerprint density at radius 3 is 2.88 bits per heavy atom. The van der Waals surface area contributed by atoms with E-state index in [-0.39, 0.29) is 0 Å². The molecular formula is C19H21N3OS. The molecule has 0 spiro atoms. The van der Waals surface area contributed by atoms with Crippen molar-refractivity contribution < 1.29 is 5.11 Å². The normalized spacial score (nSPS) is 16.1. The Morgan fingerprint density at radius 2 is 2.04 bits per heavy atom. The van der Waals surface area contributed by atoms with Gasteiger partial charge >= 0.3 is 0 Å². The van der Waals surface area contributed by atoms with Gasteiger partial charge in [0.25, 0.3) is 0 Å². The number of thiophene rings is 1. The number of hydrogen-bond donors (Lipinski definition) is 2. The first-order chi connectivity index (χ1) is 11.6. The molecule has 1 atom stereocenters. The lowest BCUT2D eigenvalue weighted by molar-refractivity contribution is 0.0515. The molecule has 1 aromatic carbocycles. The lowest BCUT2D eigenvalue weighted by atomic mass is 9.93. The zero-order chi connectivity index (χ0) is 16.6. The van der Waals surface area contributed by atoms with Crippen LogP contribution in [0.4, 0.5) is 5.82 Å². The highest BCUT2D eigenvalue weighted by atomic mass is 32.1. The number of hydrogen-bond acceptors (Lipinski definition) is 5. The summed E-state index contributed by atoms with van der Waals surface area (Å²) in [7, 11) is 0. The SMILES string of the molecule is CC(O)(CCNc1ncnc2sc3c(c12)CCC3)c1ccccc1. The number of fused-ring (bicyclic) bond motifs is 3. The first-order valence-corrected chi connectivity index (χ1v) is 9.24. The van der Waals surface area contributed by atoms with Crippen molar-refractivity contribution >= 4 is 27.4 Å². The summed E-state index contributed by atoms with van der Waals surface area (Å²) in [4.78, 5) is 11.4. The smallest absolute Gasteiger partial charge is 0.138 e. The summed E-state index contributed by atoms with van der Waals surface area (Å²) in [5, 5.41) is 15.3.